The van der Waals surface area contributed by atoms with E-state index in [0.717, 1.165) is 43.3 Å². The molecule has 0 N–H and O–H groups in total. The fourth-order valence-corrected chi connectivity index (χ4v) is 4.47. The fourth-order valence-electron chi connectivity index (χ4n) is 4.47. The Bertz CT molecular complexity index is 347. The molecule has 2 heteroatoms. The van der Waals surface area contributed by atoms with Crippen LogP contribution >= 0.6 is 0 Å². The van der Waals surface area contributed by atoms with E-state index in [1.54, 1.807) is 0 Å². The lowest BCUT2D eigenvalue weighted by atomic mass is 9.69. The highest BCUT2D eigenvalue weighted by Gasteiger charge is 2.30. The third-order valence-electron chi connectivity index (χ3n) is 6.02. The predicted molar refractivity (Wildman–Crippen MR) is 102 cm³/mol. The van der Waals surface area contributed by atoms with Crippen LogP contribution in [0.25, 0.3) is 0 Å². The number of rotatable bonds is 10. The molecule has 0 unspecified atom stereocenters. The quantitative estimate of drug-likeness (QED) is 0.272. The number of hydrogen-bond acceptors (Lipinski definition) is 2. The van der Waals surface area contributed by atoms with Gasteiger partial charge in [-0.3, -0.25) is 0 Å². The molecule has 0 radical (unpaired) electrons. The second-order valence-corrected chi connectivity index (χ2v) is 7.88. The second kappa shape index (κ2) is 11.7. The summed E-state index contributed by atoms with van der Waals surface area (Å²) in [5.74, 6) is 3.54. The third kappa shape index (κ3) is 7.01. The van der Waals surface area contributed by atoms with Crippen LogP contribution in [0.2, 0.25) is 0 Å². The van der Waals surface area contributed by atoms with Crippen LogP contribution in [0, 0.1) is 23.7 Å². The lowest BCUT2D eigenvalue weighted by Crippen LogP contribution is -2.28. The third-order valence-corrected chi connectivity index (χ3v) is 6.02. The van der Waals surface area contributed by atoms with Crippen molar-refractivity contribution in [1.29, 1.82) is 0 Å². The minimum atomic E-state index is 0.708. The Morgan fingerprint density at radius 1 is 0.875 bits per heavy atom. The van der Waals surface area contributed by atoms with Crippen molar-refractivity contribution in [2.24, 2.45) is 23.7 Å². The highest BCUT2D eigenvalue weighted by atomic mass is 16.5. The van der Waals surface area contributed by atoms with E-state index < -0.39 is 0 Å². The van der Waals surface area contributed by atoms with Gasteiger partial charge in [-0.15, -0.1) is 6.58 Å². The van der Waals surface area contributed by atoms with Gasteiger partial charge in [0, 0.05) is 6.61 Å². The monoisotopic (exact) mass is 334 g/mol. The van der Waals surface area contributed by atoms with Gasteiger partial charge < -0.3 is 9.47 Å². The maximum Gasteiger partial charge on any atom is 0.0901 e. The Labute approximate surface area is 149 Å². The first kappa shape index (κ1) is 19.6. The smallest absolute Gasteiger partial charge is 0.0901 e. The normalized spacial score (nSPS) is 31.2. The molecule has 0 atom stereocenters. The topological polar surface area (TPSA) is 18.5 Å². The molecule has 2 rings (SSSR count). The number of allylic oxidation sites excluding steroid dienone is 1. The van der Waals surface area contributed by atoms with Crippen molar-refractivity contribution in [3.63, 3.8) is 0 Å². The highest BCUT2D eigenvalue weighted by Crippen LogP contribution is 2.41. The van der Waals surface area contributed by atoms with Crippen LogP contribution in [0.1, 0.15) is 71.1 Å². The van der Waals surface area contributed by atoms with Gasteiger partial charge in [-0.05, 0) is 87.5 Å². The maximum atomic E-state index is 5.72. The summed E-state index contributed by atoms with van der Waals surface area (Å²) < 4.78 is 11.4. The first-order chi connectivity index (χ1) is 11.8. The molecule has 0 aliphatic heterocycles. The van der Waals surface area contributed by atoms with Crippen LogP contribution in [-0.4, -0.2) is 19.8 Å². The summed E-state index contributed by atoms with van der Waals surface area (Å²) in [6.45, 7) is 8.50. The molecule has 0 saturated heterocycles. The molecule has 2 fully saturated rings. The fraction of sp³-hybridized carbons (Fsp3) is 0.818. The van der Waals surface area contributed by atoms with Gasteiger partial charge in [-0.1, -0.05) is 19.4 Å². The summed E-state index contributed by atoms with van der Waals surface area (Å²) in [5, 5.41) is 0. The van der Waals surface area contributed by atoms with Crippen LogP contribution in [0.4, 0.5) is 0 Å². The van der Waals surface area contributed by atoms with E-state index in [1.807, 2.05) is 12.3 Å². The van der Waals surface area contributed by atoms with Gasteiger partial charge in [0.05, 0.1) is 19.5 Å². The Hall–Kier alpha value is -0.760. The zero-order valence-electron chi connectivity index (χ0n) is 15.8. The number of hydrogen-bond donors (Lipinski definition) is 0. The molecule has 0 aromatic heterocycles. The molecule has 0 aromatic carbocycles. The molecule has 2 aliphatic rings. The molecule has 0 heterocycles. The van der Waals surface area contributed by atoms with E-state index in [2.05, 4.69) is 19.6 Å². The molecule has 2 saturated carbocycles. The predicted octanol–water partition coefficient (Wildman–Crippen LogP) is 6.13. The first-order valence-electron chi connectivity index (χ1n) is 10.3. The van der Waals surface area contributed by atoms with Crippen LogP contribution in [0.3, 0.4) is 0 Å². The van der Waals surface area contributed by atoms with Crippen molar-refractivity contribution in [2.75, 3.05) is 19.8 Å². The van der Waals surface area contributed by atoms with Crippen molar-refractivity contribution < 1.29 is 9.47 Å². The maximum absolute atomic E-state index is 5.72. The Morgan fingerprint density at radius 2 is 1.46 bits per heavy atom. The largest absolute Gasteiger partial charge is 0.501 e. The van der Waals surface area contributed by atoms with Gasteiger partial charge in [0.15, 0.2) is 0 Å². The SMILES string of the molecule is C=CCOCC1CCC(C2CCC(CO/C=C\CCC)CC2)CC1. The molecule has 0 spiro atoms. The Kier molecular flexibility index (Phi) is 9.57. The first-order valence-corrected chi connectivity index (χ1v) is 10.3. The minimum absolute atomic E-state index is 0.708. The van der Waals surface area contributed by atoms with Crippen LogP contribution in [0.5, 0.6) is 0 Å². The van der Waals surface area contributed by atoms with Gasteiger partial charge in [0.25, 0.3) is 0 Å². The van der Waals surface area contributed by atoms with Gasteiger partial charge in [0.2, 0.25) is 0 Å². The number of unbranched alkanes of at least 4 members (excludes halogenated alkanes) is 1. The van der Waals surface area contributed by atoms with Gasteiger partial charge >= 0.3 is 0 Å². The van der Waals surface area contributed by atoms with E-state index in [1.165, 1.54) is 57.8 Å². The molecular formula is C22H38O2. The lowest BCUT2D eigenvalue weighted by Gasteiger charge is -2.37. The van der Waals surface area contributed by atoms with E-state index in [4.69, 9.17) is 9.47 Å². The zero-order chi connectivity index (χ0) is 17.0. The van der Waals surface area contributed by atoms with E-state index in [9.17, 15) is 0 Å². The molecule has 0 aromatic rings. The van der Waals surface area contributed by atoms with Gasteiger partial charge in [0.1, 0.15) is 0 Å². The lowest BCUT2D eigenvalue weighted by molar-refractivity contribution is 0.0725. The summed E-state index contributed by atoms with van der Waals surface area (Å²) in [4.78, 5) is 0. The number of ether oxygens (including phenoxy) is 2. The average Bonchev–Trinajstić information content (AvgIpc) is 2.63. The Morgan fingerprint density at radius 3 is 2.00 bits per heavy atom. The van der Waals surface area contributed by atoms with Crippen molar-refractivity contribution in [3.8, 4) is 0 Å². The molecule has 24 heavy (non-hydrogen) atoms. The molecule has 2 nitrogen and oxygen atoms in total. The van der Waals surface area contributed by atoms with Gasteiger partial charge in [-0.2, -0.15) is 0 Å². The summed E-state index contributed by atoms with van der Waals surface area (Å²) in [6.07, 6.45) is 19.4. The Balaban J connectivity index is 1.57. The molecule has 2 aliphatic carbocycles. The highest BCUT2D eigenvalue weighted by molar-refractivity contribution is 4.82. The van der Waals surface area contributed by atoms with E-state index >= 15 is 0 Å². The van der Waals surface area contributed by atoms with Crippen molar-refractivity contribution in [3.05, 3.63) is 25.0 Å². The summed E-state index contributed by atoms with van der Waals surface area (Å²) >= 11 is 0. The summed E-state index contributed by atoms with van der Waals surface area (Å²) in [7, 11) is 0. The van der Waals surface area contributed by atoms with Crippen molar-refractivity contribution in [2.45, 2.75) is 71.1 Å². The summed E-state index contributed by atoms with van der Waals surface area (Å²) in [5.41, 5.74) is 0. The summed E-state index contributed by atoms with van der Waals surface area (Å²) in [6, 6.07) is 0. The average molecular weight is 335 g/mol. The van der Waals surface area contributed by atoms with E-state index in [-0.39, 0.29) is 0 Å². The van der Waals surface area contributed by atoms with E-state index in [0.29, 0.717) is 6.61 Å². The molecule has 0 bridgehead atoms. The second-order valence-electron chi connectivity index (χ2n) is 7.88. The van der Waals surface area contributed by atoms with Crippen LogP contribution in [0.15, 0.2) is 25.0 Å². The zero-order valence-corrected chi connectivity index (χ0v) is 15.8. The molecule has 0 amide bonds. The van der Waals surface area contributed by atoms with Crippen molar-refractivity contribution >= 4 is 0 Å². The minimum Gasteiger partial charge on any atom is -0.501 e. The standard InChI is InChI=1S/C22H38O2/c1-3-5-6-16-24-18-20-9-13-22(14-10-20)21-11-7-19(8-12-21)17-23-15-4-2/h4,6,16,19-22H,2-3,5,7-15,17-18H2,1H3/b16-6-. The van der Waals surface area contributed by atoms with Crippen LogP contribution < -0.4 is 0 Å². The molecular weight excluding hydrogens is 296 g/mol. The van der Waals surface area contributed by atoms with Gasteiger partial charge in [-0.25, -0.2) is 0 Å². The van der Waals surface area contributed by atoms with Crippen LogP contribution in [-0.2, 0) is 9.47 Å². The molecule has 138 valence electrons. The van der Waals surface area contributed by atoms with Crippen molar-refractivity contribution in [1.82, 2.24) is 0 Å².